The summed E-state index contributed by atoms with van der Waals surface area (Å²) in [5.74, 6) is 2.09. The summed E-state index contributed by atoms with van der Waals surface area (Å²) in [7, 11) is 1.52. The number of ether oxygens (including phenoxy) is 1. The minimum Gasteiger partial charge on any atom is -0.484 e. The molecule has 7 nitrogen and oxygen atoms in total. The summed E-state index contributed by atoms with van der Waals surface area (Å²) in [6.45, 7) is 2.74. The van der Waals surface area contributed by atoms with Gasteiger partial charge in [-0.2, -0.15) is 0 Å². The van der Waals surface area contributed by atoms with Crippen LogP contribution in [0.1, 0.15) is 38.4 Å². The van der Waals surface area contributed by atoms with Gasteiger partial charge in [-0.3, -0.25) is 10.4 Å². The summed E-state index contributed by atoms with van der Waals surface area (Å²) >= 11 is 0. The number of nitrogens with zero attached hydrogens (tertiary/aromatic N) is 3. The summed E-state index contributed by atoms with van der Waals surface area (Å²) in [6, 6.07) is 1.76. The smallest absolute Gasteiger partial charge is 0.194 e. The Labute approximate surface area is 125 Å². The number of aryl methyl sites for hydroxylation is 1. The van der Waals surface area contributed by atoms with Gasteiger partial charge >= 0.3 is 0 Å². The Morgan fingerprint density at radius 2 is 2.29 bits per heavy atom. The van der Waals surface area contributed by atoms with Crippen molar-refractivity contribution in [3.63, 3.8) is 0 Å². The van der Waals surface area contributed by atoms with Gasteiger partial charge in [-0.25, -0.2) is 9.97 Å². The topological polar surface area (TPSA) is 109 Å². The van der Waals surface area contributed by atoms with Crippen molar-refractivity contribution < 1.29 is 4.74 Å². The fraction of sp³-hybridized carbons (Fsp3) is 0.571. The van der Waals surface area contributed by atoms with Crippen molar-refractivity contribution in [3.05, 3.63) is 18.1 Å². The summed E-state index contributed by atoms with van der Waals surface area (Å²) in [4.78, 5) is 12.8. The molecule has 0 amide bonds. The SMILES string of the molecule is CCCN=C(N)Nc1ccnc(CCCCC(=N)OC)n1. The first-order valence-corrected chi connectivity index (χ1v) is 7.16. The first-order chi connectivity index (χ1) is 10.2. The van der Waals surface area contributed by atoms with Crippen molar-refractivity contribution in [2.75, 3.05) is 19.0 Å². The van der Waals surface area contributed by atoms with Gasteiger partial charge in [0.1, 0.15) is 11.6 Å². The number of methoxy groups -OCH3 is 1. The Balaban J connectivity index is 2.43. The predicted molar refractivity (Wildman–Crippen MR) is 84.7 cm³/mol. The third-order valence-electron chi connectivity index (χ3n) is 2.77. The molecule has 0 atom stereocenters. The molecule has 0 radical (unpaired) electrons. The average molecular weight is 292 g/mol. The van der Waals surface area contributed by atoms with Gasteiger partial charge in [-0.05, 0) is 25.3 Å². The molecule has 7 heteroatoms. The summed E-state index contributed by atoms with van der Waals surface area (Å²) < 4.78 is 4.81. The van der Waals surface area contributed by atoms with Crippen LogP contribution in [0.2, 0.25) is 0 Å². The number of unbranched alkanes of at least 4 members (excludes halogenated alkanes) is 1. The van der Waals surface area contributed by atoms with E-state index in [0.717, 1.165) is 31.5 Å². The molecule has 1 aromatic heterocycles. The summed E-state index contributed by atoms with van der Waals surface area (Å²) in [5, 5.41) is 10.4. The van der Waals surface area contributed by atoms with Crippen LogP contribution in [0.3, 0.4) is 0 Å². The fourth-order valence-corrected chi connectivity index (χ4v) is 1.66. The molecular formula is C14H24N6O. The second-order valence-corrected chi connectivity index (χ2v) is 4.58. The van der Waals surface area contributed by atoms with Crippen LogP contribution in [0.15, 0.2) is 17.3 Å². The molecule has 0 aliphatic carbocycles. The maximum atomic E-state index is 7.40. The van der Waals surface area contributed by atoms with Crippen molar-refractivity contribution in [1.29, 1.82) is 5.41 Å². The standard InChI is InChI=1S/C14H24N6O/c1-3-9-18-14(16)20-13-8-10-17-12(19-13)7-5-4-6-11(15)21-2/h8,10,15H,3-7,9H2,1-2H3,(H3,16,17,18,19,20). The van der Waals surface area contributed by atoms with Gasteiger partial charge in [-0.15, -0.1) is 0 Å². The van der Waals surface area contributed by atoms with Crippen LogP contribution in [0.4, 0.5) is 5.82 Å². The first-order valence-electron chi connectivity index (χ1n) is 7.16. The van der Waals surface area contributed by atoms with E-state index in [9.17, 15) is 0 Å². The van der Waals surface area contributed by atoms with Gasteiger partial charge < -0.3 is 15.8 Å². The molecule has 1 rings (SSSR count). The minimum atomic E-state index is 0.311. The Kier molecular flexibility index (Phi) is 7.78. The first kappa shape index (κ1) is 16.9. The predicted octanol–water partition coefficient (Wildman–Crippen LogP) is 1.95. The number of nitrogens with one attached hydrogen (secondary N) is 2. The molecule has 0 aliphatic heterocycles. The van der Waals surface area contributed by atoms with Gasteiger partial charge in [0.05, 0.1) is 7.11 Å². The van der Waals surface area contributed by atoms with E-state index in [1.54, 1.807) is 12.3 Å². The number of anilines is 1. The number of hydrogen-bond donors (Lipinski definition) is 3. The summed E-state index contributed by atoms with van der Waals surface area (Å²) in [6.07, 6.45) is 5.86. The van der Waals surface area contributed by atoms with E-state index in [2.05, 4.69) is 20.3 Å². The number of aromatic nitrogens is 2. The molecule has 0 saturated heterocycles. The molecule has 0 unspecified atom stereocenters. The zero-order valence-corrected chi connectivity index (χ0v) is 12.7. The molecular weight excluding hydrogens is 268 g/mol. The lowest BCUT2D eigenvalue weighted by atomic mass is 10.2. The second kappa shape index (κ2) is 9.68. The molecule has 0 aliphatic rings. The monoisotopic (exact) mass is 292 g/mol. The fourth-order valence-electron chi connectivity index (χ4n) is 1.66. The number of rotatable bonds is 8. The van der Waals surface area contributed by atoms with E-state index in [-0.39, 0.29) is 0 Å². The van der Waals surface area contributed by atoms with Crippen LogP contribution in [0.25, 0.3) is 0 Å². The van der Waals surface area contributed by atoms with Crippen LogP contribution >= 0.6 is 0 Å². The van der Waals surface area contributed by atoms with Crippen molar-refractivity contribution >= 4 is 17.7 Å². The van der Waals surface area contributed by atoms with Crippen LogP contribution in [0.5, 0.6) is 0 Å². The van der Waals surface area contributed by atoms with Crippen LogP contribution in [-0.4, -0.2) is 35.5 Å². The molecule has 1 aromatic rings. The lowest BCUT2D eigenvalue weighted by Gasteiger charge is -2.06. The van der Waals surface area contributed by atoms with Crippen molar-refractivity contribution in [3.8, 4) is 0 Å². The normalized spacial score (nSPS) is 11.2. The molecule has 4 N–H and O–H groups in total. The maximum Gasteiger partial charge on any atom is 0.194 e. The van der Waals surface area contributed by atoms with Gasteiger partial charge in [0, 0.05) is 25.6 Å². The Morgan fingerprint density at radius 3 is 3.00 bits per heavy atom. The van der Waals surface area contributed by atoms with E-state index in [0.29, 0.717) is 30.6 Å². The molecule has 0 bridgehead atoms. The quantitative estimate of drug-likeness (QED) is 0.385. The largest absolute Gasteiger partial charge is 0.484 e. The van der Waals surface area contributed by atoms with E-state index in [1.807, 2.05) is 6.92 Å². The van der Waals surface area contributed by atoms with Gasteiger partial charge in [-0.1, -0.05) is 6.92 Å². The lowest BCUT2D eigenvalue weighted by molar-refractivity contribution is 0.383. The highest BCUT2D eigenvalue weighted by Crippen LogP contribution is 2.06. The Hall–Kier alpha value is -2.18. The van der Waals surface area contributed by atoms with Gasteiger partial charge in [0.2, 0.25) is 0 Å². The number of aliphatic imine (C=N–C) groups is 1. The van der Waals surface area contributed by atoms with Crippen LogP contribution < -0.4 is 11.1 Å². The van der Waals surface area contributed by atoms with Gasteiger partial charge in [0.25, 0.3) is 0 Å². The Bertz CT molecular complexity index is 474. The number of hydrogen-bond acceptors (Lipinski definition) is 5. The number of guanidine groups is 1. The van der Waals surface area contributed by atoms with Crippen LogP contribution in [-0.2, 0) is 11.2 Å². The highest BCUT2D eigenvalue weighted by molar-refractivity contribution is 5.91. The molecule has 0 saturated carbocycles. The van der Waals surface area contributed by atoms with Crippen molar-refractivity contribution in [1.82, 2.24) is 9.97 Å². The Morgan fingerprint density at radius 1 is 1.48 bits per heavy atom. The van der Waals surface area contributed by atoms with E-state index in [4.69, 9.17) is 15.9 Å². The van der Waals surface area contributed by atoms with E-state index >= 15 is 0 Å². The summed E-state index contributed by atoms with van der Waals surface area (Å²) in [5.41, 5.74) is 5.75. The third-order valence-corrected chi connectivity index (χ3v) is 2.77. The highest BCUT2D eigenvalue weighted by Gasteiger charge is 2.02. The zero-order chi connectivity index (χ0) is 15.5. The highest BCUT2D eigenvalue weighted by atomic mass is 16.5. The lowest BCUT2D eigenvalue weighted by Crippen LogP contribution is -2.23. The zero-order valence-electron chi connectivity index (χ0n) is 12.7. The van der Waals surface area contributed by atoms with E-state index < -0.39 is 0 Å². The molecule has 0 spiro atoms. The number of nitrogens with two attached hydrogens (primary N) is 1. The minimum absolute atomic E-state index is 0.311. The molecule has 1 heterocycles. The van der Waals surface area contributed by atoms with Crippen LogP contribution in [0, 0.1) is 5.41 Å². The molecule has 116 valence electrons. The molecule has 21 heavy (non-hydrogen) atoms. The second-order valence-electron chi connectivity index (χ2n) is 4.58. The molecule has 0 aromatic carbocycles. The van der Waals surface area contributed by atoms with Crippen molar-refractivity contribution in [2.24, 2.45) is 10.7 Å². The molecule has 0 fully saturated rings. The maximum absolute atomic E-state index is 7.40. The van der Waals surface area contributed by atoms with E-state index in [1.165, 1.54) is 7.11 Å². The van der Waals surface area contributed by atoms with Crippen molar-refractivity contribution in [2.45, 2.75) is 39.0 Å². The van der Waals surface area contributed by atoms with Gasteiger partial charge in [0.15, 0.2) is 11.9 Å². The third kappa shape index (κ3) is 7.24. The average Bonchev–Trinajstić information content (AvgIpc) is 2.49.